The Bertz CT molecular complexity index is 595. The molecule has 0 saturated carbocycles. The van der Waals surface area contributed by atoms with Crippen LogP contribution < -0.4 is 5.73 Å². The minimum absolute atomic E-state index is 0.161. The number of halogens is 1. The summed E-state index contributed by atoms with van der Waals surface area (Å²) >= 11 is 0. The van der Waals surface area contributed by atoms with E-state index < -0.39 is 0 Å². The minimum Gasteiger partial charge on any atom is -0.398 e. The summed E-state index contributed by atoms with van der Waals surface area (Å²) in [5.41, 5.74) is 10.5. The van der Waals surface area contributed by atoms with Crippen molar-refractivity contribution in [1.29, 1.82) is 0 Å². The van der Waals surface area contributed by atoms with E-state index in [-0.39, 0.29) is 5.82 Å². The van der Waals surface area contributed by atoms with Crippen LogP contribution in [0, 0.1) is 5.82 Å². The highest BCUT2D eigenvalue weighted by Crippen LogP contribution is 2.27. The van der Waals surface area contributed by atoms with Crippen LogP contribution >= 0.6 is 0 Å². The van der Waals surface area contributed by atoms with Gasteiger partial charge in [0.2, 0.25) is 0 Å². The Hall–Kier alpha value is -1.87. The van der Waals surface area contributed by atoms with Gasteiger partial charge in [-0.15, -0.1) is 0 Å². The molecule has 3 rings (SSSR count). The van der Waals surface area contributed by atoms with Gasteiger partial charge in [-0.05, 0) is 41.3 Å². The summed E-state index contributed by atoms with van der Waals surface area (Å²) in [6, 6.07) is 12.9. The Kier molecular flexibility index (Phi) is 3.22. The van der Waals surface area contributed by atoms with Crippen molar-refractivity contribution < 1.29 is 4.39 Å². The predicted octanol–water partition coefficient (Wildman–Crippen LogP) is 2.97. The molecule has 2 aromatic carbocycles. The van der Waals surface area contributed by atoms with Gasteiger partial charge in [0.05, 0.1) is 0 Å². The lowest BCUT2D eigenvalue weighted by molar-refractivity contribution is 0.288. The predicted molar refractivity (Wildman–Crippen MR) is 75.1 cm³/mol. The lowest BCUT2D eigenvalue weighted by Crippen LogP contribution is -2.19. The quantitative estimate of drug-likeness (QED) is 0.855. The second kappa shape index (κ2) is 5.02. The van der Waals surface area contributed by atoms with Crippen LogP contribution in [0.5, 0.6) is 0 Å². The van der Waals surface area contributed by atoms with Crippen molar-refractivity contribution in [3.8, 4) is 0 Å². The van der Waals surface area contributed by atoms with Gasteiger partial charge >= 0.3 is 0 Å². The first-order valence-corrected chi connectivity index (χ1v) is 6.55. The standard InChI is InChI=1S/C16H17FN2/c17-14-5-1-3-12(9-14)7-8-19-10-13-4-2-6-16(18)15(13)11-19/h1-6,9H,7-8,10-11,18H2. The molecule has 2 N–H and O–H groups in total. The summed E-state index contributed by atoms with van der Waals surface area (Å²) in [6.45, 7) is 2.77. The molecule has 0 fully saturated rings. The highest BCUT2D eigenvalue weighted by molar-refractivity contribution is 5.52. The maximum absolute atomic E-state index is 13.1. The summed E-state index contributed by atoms with van der Waals surface area (Å²) in [6.07, 6.45) is 0.867. The molecular weight excluding hydrogens is 239 g/mol. The Morgan fingerprint density at radius 2 is 1.95 bits per heavy atom. The minimum atomic E-state index is -0.161. The molecule has 0 radical (unpaired) electrons. The second-order valence-electron chi connectivity index (χ2n) is 5.08. The highest BCUT2D eigenvalue weighted by atomic mass is 19.1. The average molecular weight is 256 g/mol. The molecule has 1 heterocycles. The smallest absolute Gasteiger partial charge is 0.123 e. The van der Waals surface area contributed by atoms with E-state index in [9.17, 15) is 4.39 Å². The Morgan fingerprint density at radius 1 is 1.11 bits per heavy atom. The number of nitrogen functional groups attached to an aromatic ring is 1. The molecule has 0 spiro atoms. The van der Waals surface area contributed by atoms with Crippen LogP contribution in [0.1, 0.15) is 16.7 Å². The molecule has 1 aliphatic rings. The van der Waals surface area contributed by atoms with Gasteiger partial charge in [0, 0.05) is 25.3 Å². The summed E-state index contributed by atoms with van der Waals surface area (Å²) in [5.74, 6) is -0.161. The first-order valence-electron chi connectivity index (χ1n) is 6.55. The SMILES string of the molecule is Nc1cccc2c1CN(CCc1cccc(F)c1)C2. The van der Waals surface area contributed by atoms with Crippen molar-refractivity contribution >= 4 is 5.69 Å². The van der Waals surface area contributed by atoms with Crippen LogP contribution in [0.3, 0.4) is 0 Å². The van der Waals surface area contributed by atoms with Crippen molar-refractivity contribution in [1.82, 2.24) is 4.90 Å². The van der Waals surface area contributed by atoms with Crippen LogP contribution in [0.25, 0.3) is 0 Å². The molecule has 0 bridgehead atoms. The maximum atomic E-state index is 13.1. The van der Waals surface area contributed by atoms with Gasteiger partial charge in [-0.25, -0.2) is 4.39 Å². The maximum Gasteiger partial charge on any atom is 0.123 e. The van der Waals surface area contributed by atoms with Gasteiger partial charge in [0.15, 0.2) is 0 Å². The third-order valence-electron chi connectivity index (χ3n) is 3.69. The van der Waals surface area contributed by atoms with E-state index in [1.807, 2.05) is 18.2 Å². The Balaban J connectivity index is 1.63. The van der Waals surface area contributed by atoms with E-state index in [1.165, 1.54) is 17.2 Å². The largest absolute Gasteiger partial charge is 0.398 e. The fourth-order valence-corrected chi connectivity index (χ4v) is 2.65. The van der Waals surface area contributed by atoms with Crippen LogP contribution in [0.15, 0.2) is 42.5 Å². The molecule has 19 heavy (non-hydrogen) atoms. The lowest BCUT2D eigenvalue weighted by atomic mass is 10.1. The van der Waals surface area contributed by atoms with Gasteiger partial charge in [-0.2, -0.15) is 0 Å². The van der Waals surface area contributed by atoms with Crippen molar-refractivity contribution in [3.63, 3.8) is 0 Å². The van der Waals surface area contributed by atoms with Gasteiger partial charge in [0.1, 0.15) is 5.82 Å². The molecule has 1 aliphatic heterocycles. The average Bonchev–Trinajstić information content (AvgIpc) is 2.81. The number of hydrogen-bond donors (Lipinski definition) is 1. The van der Waals surface area contributed by atoms with Gasteiger partial charge in [-0.3, -0.25) is 4.90 Å². The van der Waals surface area contributed by atoms with Crippen molar-refractivity contribution in [2.45, 2.75) is 19.5 Å². The number of anilines is 1. The van der Waals surface area contributed by atoms with Crippen molar-refractivity contribution in [2.75, 3.05) is 12.3 Å². The summed E-state index contributed by atoms with van der Waals surface area (Å²) in [5, 5.41) is 0. The van der Waals surface area contributed by atoms with E-state index in [0.717, 1.165) is 37.3 Å². The number of rotatable bonds is 3. The molecule has 0 unspecified atom stereocenters. The van der Waals surface area contributed by atoms with Gasteiger partial charge < -0.3 is 5.73 Å². The second-order valence-corrected chi connectivity index (χ2v) is 5.08. The normalized spacial score (nSPS) is 14.6. The summed E-state index contributed by atoms with van der Waals surface area (Å²) in [4.78, 5) is 2.35. The van der Waals surface area contributed by atoms with Crippen LogP contribution in [-0.2, 0) is 19.5 Å². The van der Waals surface area contributed by atoms with E-state index in [0.29, 0.717) is 0 Å². The third kappa shape index (κ3) is 2.61. The fraction of sp³-hybridized carbons (Fsp3) is 0.250. The molecule has 0 aromatic heterocycles. The van der Waals surface area contributed by atoms with Crippen molar-refractivity contribution in [2.24, 2.45) is 0 Å². The first-order chi connectivity index (χ1) is 9.22. The number of nitrogens with zero attached hydrogens (tertiary/aromatic N) is 1. The third-order valence-corrected chi connectivity index (χ3v) is 3.69. The monoisotopic (exact) mass is 256 g/mol. The van der Waals surface area contributed by atoms with E-state index in [2.05, 4.69) is 11.0 Å². The van der Waals surface area contributed by atoms with Gasteiger partial charge in [-0.1, -0.05) is 24.3 Å². The molecule has 0 aliphatic carbocycles. The molecule has 2 aromatic rings. The highest BCUT2D eigenvalue weighted by Gasteiger charge is 2.20. The Morgan fingerprint density at radius 3 is 2.74 bits per heavy atom. The van der Waals surface area contributed by atoms with Crippen LogP contribution in [0.2, 0.25) is 0 Å². The van der Waals surface area contributed by atoms with E-state index in [4.69, 9.17) is 5.73 Å². The zero-order chi connectivity index (χ0) is 13.2. The first kappa shape index (κ1) is 12.2. The summed E-state index contributed by atoms with van der Waals surface area (Å²) < 4.78 is 13.1. The molecular formula is C16H17FN2. The van der Waals surface area contributed by atoms with Gasteiger partial charge in [0.25, 0.3) is 0 Å². The lowest BCUT2D eigenvalue weighted by Gasteiger charge is -2.14. The van der Waals surface area contributed by atoms with Crippen LogP contribution in [-0.4, -0.2) is 11.4 Å². The molecule has 2 nitrogen and oxygen atoms in total. The fourth-order valence-electron chi connectivity index (χ4n) is 2.65. The molecule has 0 saturated heterocycles. The number of nitrogens with two attached hydrogens (primary N) is 1. The molecule has 0 atom stereocenters. The molecule has 0 amide bonds. The number of fused-ring (bicyclic) bond motifs is 1. The topological polar surface area (TPSA) is 29.3 Å². The van der Waals surface area contributed by atoms with E-state index >= 15 is 0 Å². The number of hydrogen-bond acceptors (Lipinski definition) is 2. The molecule has 3 heteroatoms. The summed E-state index contributed by atoms with van der Waals surface area (Å²) in [7, 11) is 0. The van der Waals surface area contributed by atoms with Crippen LogP contribution in [0.4, 0.5) is 10.1 Å². The number of benzene rings is 2. The Labute approximate surface area is 112 Å². The zero-order valence-corrected chi connectivity index (χ0v) is 10.8. The molecule has 98 valence electrons. The zero-order valence-electron chi connectivity index (χ0n) is 10.8. The van der Waals surface area contributed by atoms with Crippen molar-refractivity contribution in [3.05, 3.63) is 65.0 Å². The van der Waals surface area contributed by atoms with E-state index in [1.54, 1.807) is 12.1 Å².